The Kier molecular flexibility index (Phi) is 7.65. The zero-order chi connectivity index (χ0) is 22.9. The van der Waals surface area contributed by atoms with Crippen molar-refractivity contribution < 1.29 is 23.8 Å². The molecule has 1 N–H and O–H groups in total. The molecule has 6 nitrogen and oxygen atoms in total. The van der Waals surface area contributed by atoms with Crippen LogP contribution in [0, 0.1) is 6.92 Å². The van der Waals surface area contributed by atoms with Crippen molar-refractivity contribution in [3.05, 3.63) is 89.5 Å². The number of anilines is 1. The van der Waals surface area contributed by atoms with E-state index < -0.39 is 0 Å². The average Bonchev–Trinajstić information content (AvgIpc) is 2.81. The number of nitrogens with one attached hydrogen (secondary N) is 1. The summed E-state index contributed by atoms with van der Waals surface area (Å²) in [5, 5.41) is 2.75. The van der Waals surface area contributed by atoms with E-state index in [9.17, 15) is 9.59 Å². The predicted octanol–water partition coefficient (Wildman–Crippen LogP) is 4.93. The maximum absolute atomic E-state index is 12.4. The summed E-state index contributed by atoms with van der Waals surface area (Å²) in [6.45, 7) is 1.75. The SMILES string of the molecule is COc1ccccc1NC(=O)COc1ccc(/C=C/C(=O)c2cccc(C)c2)cc1OC. The number of carbonyl (C=O) groups excluding carboxylic acids is 2. The van der Waals surface area contributed by atoms with Gasteiger partial charge in [0.15, 0.2) is 23.9 Å². The molecule has 164 valence electrons. The van der Waals surface area contributed by atoms with Gasteiger partial charge in [0.1, 0.15) is 5.75 Å². The molecule has 1 amide bonds. The van der Waals surface area contributed by atoms with Crippen LogP contribution in [0.1, 0.15) is 21.5 Å². The van der Waals surface area contributed by atoms with Crippen LogP contribution in [0.3, 0.4) is 0 Å². The zero-order valence-corrected chi connectivity index (χ0v) is 18.3. The summed E-state index contributed by atoms with van der Waals surface area (Å²) in [4.78, 5) is 24.6. The lowest BCUT2D eigenvalue weighted by Gasteiger charge is -2.13. The van der Waals surface area contributed by atoms with Gasteiger partial charge in [-0.15, -0.1) is 0 Å². The van der Waals surface area contributed by atoms with Gasteiger partial charge < -0.3 is 19.5 Å². The van der Waals surface area contributed by atoms with Crippen LogP contribution < -0.4 is 19.5 Å². The summed E-state index contributed by atoms with van der Waals surface area (Å²) < 4.78 is 16.2. The number of carbonyl (C=O) groups is 2. The molecule has 0 aliphatic rings. The van der Waals surface area contributed by atoms with Crippen LogP contribution in [0.15, 0.2) is 72.8 Å². The molecule has 0 bridgehead atoms. The Labute approximate surface area is 187 Å². The topological polar surface area (TPSA) is 73.9 Å². The lowest BCUT2D eigenvalue weighted by Crippen LogP contribution is -2.20. The highest BCUT2D eigenvalue weighted by Crippen LogP contribution is 2.29. The van der Waals surface area contributed by atoms with Gasteiger partial charge in [-0.3, -0.25) is 9.59 Å². The number of allylic oxidation sites excluding steroid dienone is 1. The highest BCUT2D eigenvalue weighted by molar-refractivity contribution is 6.06. The molecule has 0 aliphatic heterocycles. The molecule has 0 aliphatic carbocycles. The van der Waals surface area contributed by atoms with E-state index in [1.807, 2.05) is 31.2 Å². The van der Waals surface area contributed by atoms with Crippen LogP contribution in [-0.2, 0) is 4.79 Å². The molecule has 0 saturated heterocycles. The molecule has 3 aromatic carbocycles. The normalized spacial score (nSPS) is 10.6. The van der Waals surface area contributed by atoms with Gasteiger partial charge in [-0.05, 0) is 48.9 Å². The third-order valence-electron chi connectivity index (χ3n) is 4.66. The highest BCUT2D eigenvalue weighted by Gasteiger charge is 2.11. The molecular formula is C26H25NO5. The minimum atomic E-state index is -0.329. The summed E-state index contributed by atoms with van der Waals surface area (Å²) in [6, 6.07) is 19.8. The number of aryl methyl sites for hydroxylation is 1. The molecular weight excluding hydrogens is 406 g/mol. The first-order valence-electron chi connectivity index (χ1n) is 10.0. The van der Waals surface area contributed by atoms with E-state index in [4.69, 9.17) is 14.2 Å². The summed E-state index contributed by atoms with van der Waals surface area (Å²) >= 11 is 0. The number of ketones is 1. The summed E-state index contributed by atoms with van der Waals surface area (Å²) in [5.41, 5.74) is 3.00. The first-order chi connectivity index (χ1) is 15.5. The monoisotopic (exact) mass is 431 g/mol. The standard InChI is InChI=1S/C26H25NO5/c1-18-7-6-8-20(15-18)22(28)13-11-19-12-14-24(25(16-19)31-3)32-17-26(29)27-21-9-4-5-10-23(21)30-2/h4-16H,17H2,1-3H3,(H,27,29)/b13-11+. The zero-order valence-electron chi connectivity index (χ0n) is 18.3. The van der Waals surface area contributed by atoms with E-state index in [0.29, 0.717) is 28.5 Å². The first-order valence-corrected chi connectivity index (χ1v) is 10.0. The number of ether oxygens (including phenoxy) is 3. The fourth-order valence-electron chi connectivity index (χ4n) is 3.05. The average molecular weight is 431 g/mol. The second-order valence-corrected chi connectivity index (χ2v) is 7.01. The Balaban J connectivity index is 1.63. The van der Waals surface area contributed by atoms with Crippen LogP contribution in [0.4, 0.5) is 5.69 Å². The summed E-state index contributed by atoms with van der Waals surface area (Å²) in [6.07, 6.45) is 3.23. The largest absolute Gasteiger partial charge is 0.495 e. The number of rotatable bonds is 9. The van der Waals surface area contributed by atoms with E-state index in [2.05, 4.69) is 5.32 Å². The van der Waals surface area contributed by atoms with Gasteiger partial charge in [-0.2, -0.15) is 0 Å². The van der Waals surface area contributed by atoms with Crippen LogP contribution in [0.25, 0.3) is 6.08 Å². The van der Waals surface area contributed by atoms with Gasteiger partial charge in [0.05, 0.1) is 19.9 Å². The van der Waals surface area contributed by atoms with Gasteiger partial charge in [0.2, 0.25) is 0 Å². The minimum Gasteiger partial charge on any atom is -0.495 e. The number of hydrogen-bond donors (Lipinski definition) is 1. The van der Waals surface area contributed by atoms with Crippen molar-refractivity contribution in [1.82, 2.24) is 0 Å². The van der Waals surface area contributed by atoms with Crippen molar-refractivity contribution in [1.29, 1.82) is 0 Å². The molecule has 0 fully saturated rings. The van der Waals surface area contributed by atoms with Crippen molar-refractivity contribution in [3.63, 3.8) is 0 Å². The Bertz CT molecular complexity index is 1140. The Hall–Kier alpha value is -4.06. The van der Waals surface area contributed by atoms with Crippen LogP contribution in [0.5, 0.6) is 17.2 Å². The molecule has 32 heavy (non-hydrogen) atoms. The van der Waals surface area contributed by atoms with E-state index in [1.54, 1.807) is 48.5 Å². The third-order valence-corrected chi connectivity index (χ3v) is 4.66. The quantitative estimate of drug-likeness (QED) is 0.384. The molecule has 0 radical (unpaired) electrons. The molecule has 3 rings (SSSR count). The van der Waals surface area contributed by atoms with Gasteiger partial charge in [-0.25, -0.2) is 0 Å². The summed E-state index contributed by atoms with van der Waals surface area (Å²) in [7, 11) is 3.05. The molecule has 3 aromatic rings. The number of para-hydroxylation sites is 2. The van der Waals surface area contributed by atoms with Crippen LogP contribution in [0.2, 0.25) is 0 Å². The lowest BCUT2D eigenvalue weighted by molar-refractivity contribution is -0.118. The Morgan fingerprint density at radius 1 is 0.875 bits per heavy atom. The van der Waals surface area contributed by atoms with Crippen molar-refractivity contribution in [2.24, 2.45) is 0 Å². The van der Waals surface area contributed by atoms with Crippen molar-refractivity contribution in [2.45, 2.75) is 6.92 Å². The minimum absolute atomic E-state index is 0.0824. The fraction of sp³-hybridized carbons (Fsp3) is 0.154. The van der Waals surface area contributed by atoms with Crippen LogP contribution >= 0.6 is 0 Å². The molecule has 0 heterocycles. The van der Waals surface area contributed by atoms with Gasteiger partial charge >= 0.3 is 0 Å². The second kappa shape index (κ2) is 10.8. The van der Waals surface area contributed by atoms with Gasteiger partial charge in [0, 0.05) is 5.56 Å². The predicted molar refractivity (Wildman–Crippen MR) is 125 cm³/mol. The number of benzene rings is 3. The summed E-state index contributed by atoms with van der Waals surface area (Å²) in [5.74, 6) is 1.03. The van der Waals surface area contributed by atoms with Crippen LogP contribution in [-0.4, -0.2) is 32.5 Å². The van der Waals surface area contributed by atoms with E-state index >= 15 is 0 Å². The molecule has 6 heteroatoms. The van der Waals surface area contributed by atoms with Crippen molar-refractivity contribution in [3.8, 4) is 17.2 Å². The Morgan fingerprint density at radius 2 is 1.66 bits per heavy atom. The fourth-order valence-corrected chi connectivity index (χ4v) is 3.05. The lowest BCUT2D eigenvalue weighted by atomic mass is 10.1. The maximum atomic E-state index is 12.4. The molecule has 0 unspecified atom stereocenters. The van der Waals surface area contributed by atoms with Crippen molar-refractivity contribution in [2.75, 3.05) is 26.1 Å². The maximum Gasteiger partial charge on any atom is 0.262 e. The molecule has 0 atom stereocenters. The number of methoxy groups -OCH3 is 2. The van der Waals surface area contributed by atoms with E-state index in [1.165, 1.54) is 20.3 Å². The molecule has 0 aromatic heterocycles. The van der Waals surface area contributed by atoms with Gasteiger partial charge in [0.25, 0.3) is 5.91 Å². The second-order valence-electron chi connectivity index (χ2n) is 7.01. The smallest absolute Gasteiger partial charge is 0.262 e. The van der Waals surface area contributed by atoms with Gasteiger partial charge in [-0.1, -0.05) is 48.0 Å². The number of hydrogen-bond acceptors (Lipinski definition) is 5. The first kappa shape index (κ1) is 22.6. The number of amides is 1. The third kappa shape index (κ3) is 5.98. The molecule has 0 spiro atoms. The van der Waals surface area contributed by atoms with E-state index in [-0.39, 0.29) is 18.3 Å². The Morgan fingerprint density at radius 3 is 2.41 bits per heavy atom. The highest BCUT2D eigenvalue weighted by atomic mass is 16.5. The molecule has 0 saturated carbocycles. The van der Waals surface area contributed by atoms with E-state index in [0.717, 1.165) is 11.1 Å². The van der Waals surface area contributed by atoms with Crippen molar-refractivity contribution >= 4 is 23.5 Å².